The van der Waals surface area contributed by atoms with Crippen molar-refractivity contribution in [3.05, 3.63) is 53.2 Å². The molecule has 1 aromatic carbocycles. The number of nitrogens with two attached hydrogens (primary N) is 1. The molecular weight excluding hydrogens is 488 g/mol. The van der Waals surface area contributed by atoms with Crippen LogP contribution in [0.5, 0.6) is 5.88 Å². The summed E-state index contributed by atoms with van der Waals surface area (Å²) in [6, 6.07) is 4.12. The van der Waals surface area contributed by atoms with Crippen LogP contribution in [0.25, 0.3) is 11.9 Å². The number of benzene rings is 1. The van der Waals surface area contributed by atoms with Crippen molar-refractivity contribution in [1.82, 2.24) is 15.3 Å². The molecule has 1 aliphatic carbocycles. The summed E-state index contributed by atoms with van der Waals surface area (Å²) in [7, 11) is 0. The zero-order valence-electron chi connectivity index (χ0n) is 19.5. The van der Waals surface area contributed by atoms with E-state index in [1.165, 1.54) is 43.6 Å². The predicted octanol–water partition coefficient (Wildman–Crippen LogP) is 2.84. The smallest absolute Gasteiger partial charge is 0.237 e. The zero-order valence-corrected chi connectivity index (χ0v) is 20.4. The normalized spacial score (nSPS) is 24.7. The largest absolute Gasteiger partial charge is 0.463 e. The Labute approximate surface area is 210 Å². The first kappa shape index (κ1) is 25.3. The Morgan fingerprint density at radius 2 is 2.17 bits per heavy atom. The number of nitrogens with one attached hydrogen (secondary N) is 1. The van der Waals surface area contributed by atoms with Gasteiger partial charge in [-0.25, -0.2) is 18.7 Å². The van der Waals surface area contributed by atoms with Crippen LogP contribution in [0.15, 0.2) is 35.6 Å². The van der Waals surface area contributed by atoms with Crippen LogP contribution in [-0.2, 0) is 15.1 Å². The third-order valence-corrected chi connectivity index (χ3v) is 7.41. The maximum Gasteiger partial charge on any atom is 0.237 e. The number of terminal acetylenes is 1. The van der Waals surface area contributed by atoms with Gasteiger partial charge in [0.1, 0.15) is 22.0 Å². The molecule has 0 spiro atoms. The number of aliphatic imine (C=N–C) groups is 1. The van der Waals surface area contributed by atoms with E-state index in [1.54, 1.807) is 6.92 Å². The molecule has 36 heavy (non-hydrogen) atoms. The summed E-state index contributed by atoms with van der Waals surface area (Å²) in [4.78, 5) is 36.6. The van der Waals surface area contributed by atoms with Gasteiger partial charge in [-0.05, 0) is 44.0 Å². The summed E-state index contributed by atoms with van der Waals surface area (Å²) in [5.74, 6) is 0.309. The summed E-state index contributed by atoms with van der Waals surface area (Å²) in [6.07, 6.45) is 9.17. The van der Waals surface area contributed by atoms with Crippen molar-refractivity contribution >= 4 is 40.5 Å². The highest BCUT2D eigenvalue weighted by atomic mass is 32.2. The van der Waals surface area contributed by atoms with Crippen molar-refractivity contribution < 1.29 is 23.1 Å². The molecular formula is C25H23F2N5O3S. The molecule has 8 nitrogen and oxygen atoms in total. The van der Waals surface area contributed by atoms with E-state index in [0.717, 1.165) is 11.8 Å². The Morgan fingerprint density at radius 3 is 2.83 bits per heavy atom. The fourth-order valence-corrected chi connectivity index (χ4v) is 5.69. The van der Waals surface area contributed by atoms with E-state index in [2.05, 4.69) is 26.2 Å². The lowest BCUT2D eigenvalue weighted by molar-refractivity contribution is -0.124. The van der Waals surface area contributed by atoms with Crippen molar-refractivity contribution in [1.29, 1.82) is 0 Å². The lowest BCUT2D eigenvalue weighted by atomic mass is 9.84. The van der Waals surface area contributed by atoms with Crippen molar-refractivity contribution in [2.75, 3.05) is 13.2 Å². The van der Waals surface area contributed by atoms with Gasteiger partial charge in [0.2, 0.25) is 11.8 Å². The van der Waals surface area contributed by atoms with Crippen LogP contribution >= 0.6 is 11.8 Å². The topological polar surface area (TPSA) is 120 Å². The highest BCUT2D eigenvalue weighted by Crippen LogP contribution is 2.66. The predicted molar refractivity (Wildman–Crippen MR) is 133 cm³/mol. The molecule has 0 saturated heterocycles. The molecule has 2 heterocycles. The number of fused-ring (bicyclic) bond motifs is 1. The van der Waals surface area contributed by atoms with E-state index in [-0.39, 0.29) is 53.1 Å². The van der Waals surface area contributed by atoms with E-state index in [1.807, 2.05) is 0 Å². The van der Waals surface area contributed by atoms with Gasteiger partial charge in [0.05, 0.1) is 24.5 Å². The second-order valence-electron chi connectivity index (χ2n) is 8.69. The molecule has 3 atom stereocenters. The average Bonchev–Trinajstić information content (AvgIpc) is 3.59. The van der Waals surface area contributed by atoms with Crippen molar-refractivity contribution in [2.24, 2.45) is 16.6 Å². The van der Waals surface area contributed by atoms with Gasteiger partial charge in [0.15, 0.2) is 17.6 Å². The lowest BCUT2D eigenvalue weighted by Gasteiger charge is -2.33. The van der Waals surface area contributed by atoms with Gasteiger partial charge < -0.3 is 15.8 Å². The van der Waals surface area contributed by atoms with Gasteiger partial charge in [-0.15, -0.1) is 6.42 Å². The summed E-state index contributed by atoms with van der Waals surface area (Å²) in [6.45, 7) is 2.98. The molecule has 11 heteroatoms. The molecule has 0 unspecified atom stereocenters. The van der Waals surface area contributed by atoms with Gasteiger partial charge >= 0.3 is 0 Å². The Morgan fingerprint density at radius 1 is 1.39 bits per heavy atom. The highest BCUT2D eigenvalue weighted by molar-refractivity contribution is 8.15. The number of ether oxygens (including phenoxy) is 1. The number of Topliss-reactive ketones (excluding diaryl/α,β-unsaturated/α-hetero) is 1. The Bertz CT molecular complexity index is 1320. The van der Waals surface area contributed by atoms with Crippen molar-refractivity contribution in [2.45, 2.75) is 30.6 Å². The third kappa shape index (κ3) is 4.81. The first-order valence-electron chi connectivity index (χ1n) is 11.0. The van der Waals surface area contributed by atoms with Gasteiger partial charge in [-0.2, -0.15) is 0 Å². The maximum absolute atomic E-state index is 15.1. The fraction of sp³-hybridized carbons (Fsp3) is 0.320. The minimum Gasteiger partial charge on any atom is -0.463 e. The zero-order chi connectivity index (χ0) is 26.1. The molecule has 2 aliphatic rings. The number of hydrogen-bond acceptors (Lipinski definition) is 8. The molecule has 1 amide bonds. The Hall–Kier alpha value is -3.78. The molecule has 1 aliphatic heterocycles. The van der Waals surface area contributed by atoms with Crippen LogP contribution in [0, 0.1) is 24.1 Å². The number of amides is 1. The monoisotopic (exact) mass is 511 g/mol. The van der Waals surface area contributed by atoms with Gasteiger partial charge in [-0.1, -0.05) is 23.7 Å². The molecule has 3 N–H and O–H groups in total. The number of rotatable bonds is 8. The SMILES string of the molecule is C#CCOc1cnc(/C(F)=C/c2ccc(F)c([C@@]3(C)N=C(N)S[C@@]4(C(=O)NCC(C)=O)C[C@H]43)c2)cn1. The van der Waals surface area contributed by atoms with Gasteiger partial charge in [0, 0.05) is 11.5 Å². The number of ketones is 1. The number of aromatic nitrogens is 2. The highest BCUT2D eigenvalue weighted by Gasteiger charge is 2.70. The molecule has 1 aromatic heterocycles. The standard InChI is InChI=1S/C25H23F2N5O3S/c1-4-7-35-21-13-29-19(12-30-21)18(27)9-15-5-6-17(26)16(8-15)24(3)20-10-25(20,36-23(28)32-24)22(34)31-11-14(2)33/h1,5-6,8-9,12-13,20H,7,10-11H2,2-3H3,(H2,28,32)(H,31,34)/b18-9-/t20-,24+,25-/m0/s1. The molecule has 0 radical (unpaired) electrons. The van der Waals surface area contributed by atoms with E-state index >= 15 is 4.39 Å². The number of thioether (sulfide) groups is 1. The van der Waals surface area contributed by atoms with E-state index in [4.69, 9.17) is 16.9 Å². The van der Waals surface area contributed by atoms with E-state index in [9.17, 15) is 14.0 Å². The molecule has 1 fully saturated rings. The molecule has 186 valence electrons. The van der Waals surface area contributed by atoms with E-state index < -0.39 is 21.9 Å². The molecule has 0 bridgehead atoms. The summed E-state index contributed by atoms with van der Waals surface area (Å²) in [5, 5.41) is 2.76. The summed E-state index contributed by atoms with van der Waals surface area (Å²) in [5.41, 5.74) is 5.40. The van der Waals surface area contributed by atoms with Crippen LogP contribution in [0.4, 0.5) is 8.78 Å². The Balaban J connectivity index is 1.62. The number of nitrogens with zero attached hydrogens (tertiary/aromatic N) is 3. The minimum atomic E-state index is -1.16. The van der Waals surface area contributed by atoms with Crippen LogP contribution < -0.4 is 15.8 Å². The minimum absolute atomic E-state index is 0.00957. The van der Waals surface area contributed by atoms with Crippen LogP contribution in [0.2, 0.25) is 0 Å². The van der Waals surface area contributed by atoms with Crippen LogP contribution in [0.1, 0.15) is 37.1 Å². The lowest BCUT2D eigenvalue weighted by Crippen LogP contribution is -2.45. The second-order valence-corrected chi connectivity index (χ2v) is 10.0. The summed E-state index contributed by atoms with van der Waals surface area (Å²) >= 11 is 1.12. The average molecular weight is 512 g/mol. The molecule has 1 saturated carbocycles. The first-order valence-corrected chi connectivity index (χ1v) is 11.8. The number of carbonyl (C=O) groups is 2. The third-order valence-electron chi connectivity index (χ3n) is 6.11. The maximum atomic E-state index is 15.1. The number of halogens is 2. The van der Waals surface area contributed by atoms with E-state index in [0.29, 0.717) is 12.0 Å². The number of amidine groups is 1. The number of carbonyl (C=O) groups excluding carboxylic acids is 2. The quantitative estimate of drug-likeness (QED) is 0.523. The molecule has 2 aromatic rings. The Kier molecular flexibility index (Phi) is 6.82. The molecule has 4 rings (SSSR count). The van der Waals surface area contributed by atoms with Gasteiger partial charge in [-0.3, -0.25) is 14.6 Å². The fourth-order valence-electron chi connectivity index (χ4n) is 4.30. The van der Waals surface area contributed by atoms with Crippen molar-refractivity contribution in [3.63, 3.8) is 0 Å². The van der Waals surface area contributed by atoms with Crippen LogP contribution in [-0.4, -0.2) is 44.7 Å². The second kappa shape index (κ2) is 9.70. The van der Waals surface area contributed by atoms with Crippen molar-refractivity contribution in [3.8, 4) is 18.2 Å². The van der Waals surface area contributed by atoms with Crippen LogP contribution in [0.3, 0.4) is 0 Å². The first-order chi connectivity index (χ1) is 17.1. The van der Waals surface area contributed by atoms with Gasteiger partial charge in [0.25, 0.3) is 0 Å². The number of hydrogen-bond donors (Lipinski definition) is 2. The summed E-state index contributed by atoms with van der Waals surface area (Å²) < 4.78 is 34.2.